The van der Waals surface area contributed by atoms with Crippen molar-refractivity contribution >= 4 is 11.8 Å². The summed E-state index contributed by atoms with van der Waals surface area (Å²) in [7, 11) is 1.94. The van der Waals surface area contributed by atoms with Crippen LogP contribution in [0.3, 0.4) is 0 Å². The minimum Gasteiger partial charge on any atom is -0.395 e. The van der Waals surface area contributed by atoms with Gasteiger partial charge in [0.05, 0.1) is 25.9 Å². The molecule has 0 saturated carbocycles. The summed E-state index contributed by atoms with van der Waals surface area (Å²) in [5.41, 5.74) is 0. The van der Waals surface area contributed by atoms with Crippen molar-refractivity contribution in [2.75, 3.05) is 59.6 Å². The second-order valence-corrected chi connectivity index (χ2v) is 6.53. The van der Waals surface area contributed by atoms with Crippen LogP contribution in [0.5, 0.6) is 0 Å². The molecule has 23 heavy (non-hydrogen) atoms. The Morgan fingerprint density at radius 3 is 2.57 bits per heavy atom. The molecule has 1 unspecified atom stereocenters. The van der Waals surface area contributed by atoms with E-state index in [2.05, 4.69) is 0 Å². The number of carbonyl (C=O) groups excluding carboxylic acids is 2. The zero-order valence-corrected chi connectivity index (χ0v) is 14.2. The summed E-state index contributed by atoms with van der Waals surface area (Å²) in [5.74, 6) is 0.291. The Morgan fingerprint density at radius 1 is 1.26 bits per heavy atom. The van der Waals surface area contributed by atoms with E-state index in [0.29, 0.717) is 45.9 Å². The van der Waals surface area contributed by atoms with Crippen molar-refractivity contribution in [1.82, 2.24) is 14.7 Å². The molecule has 1 N–H and O–H groups in total. The van der Waals surface area contributed by atoms with Crippen LogP contribution in [-0.2, 0) is 14.3 Å². The summed E-state index contributed by atoms with van der Waals surface area (Å²) in [6, 6.07) is 0.0404. The molecule has 2 rings (SSSR count). The average Bonchev–Trinajstić information content (AvgIpc) is 2.55. The average molecular weight is 327 g/mol. The standard InChI is InChI=1S/C16H29N3O4/c1-13(21)18-5-3-14(4-6-18)16(22)19-8-10-23-12-15(19)11-17(2)7-9-20/h14-15,20H,3-12H2,1-2H3. The van der Waals surface area contributed by atoms with Gasteiger partial charge in [-0.2, -0.15) is 0 Å². The highest BCUT2D eigenvalue weighted by molar-refractivity contribution is 5.80. The normalized spacial score (nSPS) is 23.4. The van der Waals surface area contributed by atoms with Gasteiger partial charge in [-0.1, -0.05) is 0 Å². The molecule has 7 nitrogen and oxygen atoms in total. The minimum atomic E-state index is 0.00866. The summed E-state index contributed by atoms with van der Waals surface area (Å²) in [6.45, 7) is 6.10. The van der Waals surface area contributed by atoms with Gasteiger partial charge in [-0.25, -0.2) is 0 Å². The van der Waals surface area contributed by atoms with Crippen LogP contribution in [0.25, 0.3) is 0 Å². The molecule has 1 atom stereocenters. The lowest BCUT2D eigenvalue weighted by Gasteiger charge is -2.41. The number of hydrogen-bond acceptors (Lipinski definition) is 5. The van der Waals surface area contributed by atoms with Crippen molar-refractivity contribution < 1.29 is 19.4 Å². The van der Waals surface area contributed by atoms with Gasteiger partial charge in [0.15, 0.2) is 0 Å². The van der Waals surface area contributed by atoms with Crippen molar-refractivity contribution in [2.45, 2.75) is 25.8 Å². The smallest absolute Gasteiger partial charge is 0.226 e. The topological polar surface area (TPSA) is 73.3 Å². The van der Waals surface area contributed by atoms with Crippen molar-refractivity contribution in [3.63, 3.8) is 0 Å². The predicted octanol–water partition coefficient (Wildman–Crippen LogP) is -0.604. The van der Waals surface area contributed by atoms with Crippen molar-refractivity contribution in [3.05, 3.63) is 0 Å². The first-order valence-corrected chi connectivity index (χ1v) is 8.46. The maximum Gasteiger partial charge on any atom is 0.226 e. The molecule has 132 valence electrons. The number of likely N-dealkylation sites (N-methyl/N-ethyl adjacent to an activating group) is 1. The molecule has 0 radical (unpaired) electrons. The van der Waals surface area contributed by atoms with E-state index >= 15 is 0 Å². The first-order valence-electron chi connectivity index (χ1n) is 8.46. The van der Waals surface area contributed by atoms with Gasteiger partial charge in [0.25, 0.3) is 0 Å². The van der Waals surface area contributed by atoms with Crippen LogP contribution in [0.2, 0.25) is 0 Å². The fourth-order valence-electron chi connectivity index (χ4n) is 3.39. The number of rotatable bonds is 5. The second-order valence-electron chi connectivity index (χ2n) is 6.53. The number of ether oxygens (including phenoxy) is 1. The molecule has 2 fully saturated rings. The number of aliphatic hydroxyl groups excluding tert-OH is 1. The van der Waals surface area contributed by atoms with Gasteiger partial charge in [0.2, 0.25) is 11.8 Å². The lowest BCUT2D eigenvalue weighted by Crippen LogP contribution is -2.55. The van der Waals surface area contributed by atoms with Gasteiger partial charge in [-0.3, -0.25) is 9.59 Å². The fourth-order valence-corrected chi connectivity index (χ4v) is 3.39. The molecule has 7 heteroatoms. The first-order chi connectivity index (χ1) is 11.0. The maximum absolute atomic E-state index is 12.9. The third-order valence-electron chi connectivity index (χ3n) is 4.80. The molecule has 2 amide bonds. The Balaban J connectivity index is 1.92. The molecular formula is C16H29N3O4. The number of amides is 2. The third-order valence-corrected chi connectivity index (χ3v) is 4.80. The van der Waals surface area contributed by atoms with Crippen LogP contribution >= 0.6 is 0 Å². The zero-order chi connectivity index (χ0) is 16.8. The minimum absolute atomic E-state index is 0.00866. The van der Waals surface area contributed by atoms with E-state index in [-0.39, 0.29) is 30.4 Å². The lowest BCUT2D eigenvalue weighted by atomic mass is 9.94. The van der Waals surface area contributed by atoms with Crippen LogP contribution in [0.4, 0.5) is 0 Å². The largest absolute Gasteiger partial charge is 0.395 e. The predicted molar refractivity (Wildman–Crippen MR) is 85.9 cm³/mol. The Hall–Kier alpha value is -1.18. The molecule has 0 bridgehead atoms. The highest BCUT2D eigenvalue weighted by Crippen LogP contribution is 2.22. The van der Waals surface area contributed by atoms with E-state index in [9.17, 15) is 9.59 Å². The van der Waals surface area contributed by atoms with E-state index in [0.717, 1.165) is 12.8 Å². The van der Waals surface area contributed by atoms with Gasteiger partial charge < -0.3 is 24.5 Å². The number of piperidine rings is 1. The van der Waals surface area contributed by atoms with Crippen molar-refractivity contribution in [3.8, 4) is 0 Å². The molecular weight excluding hydrogens is 298 g/mol. The molecule has 2 saturated heterocycles. The highest BCUT2D eigenvalue weighted by atomic mass is 16.5. The first kappa shape index (κ1) is 18.2. The number of carbonyl (C=O) groups is 2. The van der Waals surface area contributed by atoms with Crippen LogP contribution in [0, 0.1) is 5.92 Å². The number of morpholine rings is 1. The van der Waals surface area contributed by atoms with Crippen LogP contribution < -0.4 is 0 Å². The van der Waals surface area contributed by atoms with Crippen molar-refractivity contribution in [2.24, 2.45) is 5.92 Å². The zero-order valence-electron chi connectivity index (χ0n) is 14.2. The van der Waals surface area contributed by atoms with Gasteiger partial charge in [0, 0.05) is 45.6 Å². The molecule has 2 heterocycles. The third kappa shape index (κ3) is 4.89. The summed E-state index contributed by atoms with van der Waals surface area (Å²) >= 11 is 0. The molecule has 2 aliphatic rings. The van der Waals surface area contributed by atoms with Gasteiger partial charge in [-0.05, 0) is 19.9 Å². The monoisotopic (exact) mass is 327 g/mol. The highest BCUT2D eigenvalue weighted by Gasteiger charge is 2.34. The number of hydrogen-bond donors (Lipinski definition) is 1. The number of aliphatic hydroxyl groups is 1. The second kappa shape index (κ2) is 8.61. The maximum atomic E-state index is 12.9. The molecule has 0 aromatic rings. The Morgan fingerprint density at radius 2 is 1.96 bits per heavy atom. The van der Waals surface area contributed by atoms with E-state index in [1.165, 1.54) is 0 Å². The number of likely N-dealkylation sites (tertiary alicyclic amines) is 1. The molecule has 0 aromatic carbocycles. The van der Waals surface area contributed by atoms with E-state index in [4.69, 9.17) is 9.84 Å². The number of nitrogens with zero attached hydrogens (tertiary/aromatic N) is 3. The van der Waals surface area contributed by atoms with Gasteiger partial charge >= 0.3 is 0 Å². The summed E-state index contributed by atoms with van der Waals surface area (Å²) in [5, 5.41) is 9.03. The Labute approximate surface area is 138 Å². The summed E-state index contributed by atoms with van der Waals surface area (Å²) < 4.78 is 5.54. The Kier molecular flexibility index (Phi) is 6.80. The Bertz CT molecular complexity index is 410. The molecule has 0 aliphatic carbocycles. The lowest BCUT2D eigenvalue weighted by molar-refractivity contribution is -0.148. The van der Waals surface area contributed by atoms with Gasteiger partial charge in [0.1, 0.15) is 0 Å². The summed E-state index contributed by atoms with van der Waals surface area (Å²) in [6.07, 6.45) is 1.49. The van der Waals surface area contributed by atoms with Gasteiger partial charge in [-0.15, -0.1) is 0 Å². The van der Waals surface area contributed by atoms with E-state index in [1.807, 2.05) is 21.7 Å². The molecule has 0 spiro atoms. The quantitative estimate of drug-likeness (QED) is 0.730. The molecule has 2 aliphatic heterocycles. The van der Waals surface area contributed by atoms with Crippen LogP contribution in [-0.4, -0.2) is 97.3 Å². The SMILES string of the molecule is CC(=O)N1CCC(C(=O)N2CCOCC2CN(C)CCO)CC1. The van der Waals surface area contributed by atoms with Crippen LogP contribution in [0.15, 0.2) is 0 Å². The van der Waals surface area contributed by atoms with Crippen LogP contribution in [0.1, 0.15) is 19.8 Å². The van der Waals surface area contributed by atoms with Crippen molar-refractivity contribution in [1.29, 1.82) is 0 Å². The summed E-state index contributed by atoms with van der Waals surface area (Å²) in [4.78, 5) is 30.1. The van der Waals surface area contributed by atoms with E-state index in [1.54, 1.807) is 6.92 Å². The molecule has 0 aromatic heterocycles. The fraction of sp³-hybridized carbons (Fsp3) is 0.875. The van der Waals surface area contributed by atoms with E-state index < -0.39 is 0 Å².